The predicted octanol–water partition coefficient (Wildman–Crippen LogP) is 1.10. The smallest absolute Gasteiger partial charge is 0.332 e. The molecular formula is C11H19NO3S. The van der Waals surface area contributed by atoms with E-state index in [2.05, 4.69) is 5.32 Å². The van der Waals surface area contributed by atoms with Gasteiger partial charge in [-0.15, -0.1) is 0 Å². The Hall–Kier alpha value is -0.260. The van der Waals surface area contributed by atoms with E-state index in [4.69, 9.17) is 9.84 Å². The number of nitrogens with one attached hydrogen (secondary N) is 1. The predicted molar refractivity (Wildman–Crippen MR) is 63.9 cm³/mol. The highest BCUT2D eigenvalue weighted by Gasteiger charge is 2.30. The summed E-state index contributed by atoms with van der Waals surface area (Å²) in [6.07, 6.45) is 3.55. The van der Waals surface area contributed by atoms with Crippen molar-refractivity contribution < 1.29 is 14.6 Å². The van der Waals surface area contributed by atoms with E-state index in [0.717, 1.165) is 13.0 Å². The first kappa shape index (κ1) is 12.2. The molecule has 2 N–H and O–H groups in total. The van der Waals surface area contributed by atoms with Gasteiger partial charge in [0, 0.05) is 18.3 Å². The number of thioether (sulfide) groups is 1. The highest BCUT2D eigenvalue weighted by atomic mass is 32.2. The van der Waals surface area contributed by atoms with Crippen molar-refractivity contribution in [3.63, 3.8) is 0 Å². The second-order valence-corrected chi connectivity index (χ2v) is 5.63. The van der Waals surface area contributed by atoms with Crippen molar-refractivity contribution in [3.05, 3.63) is 0 Å². The minimum Gasteiger partial charge on any atom is -0.479 e. The molecule has 0 amide bonds. The van der Waals surface area contributed by atoms with Gasteiger partial charge in [0.1, 0.15) is 0 Å². The fraction of sp³-hybridized carbons (Fsp3) is 0.909. The Kier molecular flexibility index (Phi) is 4.49. The summed E-state index contributed by atoms with van der Waals surface area (Å²) in [5.74, 6) is 1.63. The van der Waals surface area contributed by atoms with Crippen molar-refractivity contribution in [1.82, 2.24) is 5.32 Å². The fourth-order valence-electron chi connectivity index (χ4n) is 2.24. The van der Waals surface area contributed by atoms with Crippen LogP contribution in [0, 0.1) is 0 Å². The number of carboxylic acids is 1. The summed E-state index contributed by atoms with van der Waals surface area (Å²) in [7, 11) is 0. The van der Waals surface area contributed by atoms with Gasteiger partial charge in [-0.05, 0) is 31.4 Å². The monoisotopic (exact) mass is 245 g/mol. The van der Waals surface area contributed by atoms with Gasteiger partial charge in [-0.25, -0.2) is 4.79 Å². The fourth-order valence-corrected chi connectivity index (χ4v) is 3.34. The van der Waals surface area contributed by atoms with Crippen LogP contribution in [0.2, 0.25) is 0 Å². The molecule has 3 atom stereocenters. The van der Waals surface area contributed by atoms with Gasteiger partial charge in [-0.3, -0.25) is 0 Å². The molecule has 5 heteroatoms. The van der Waals surface area contributed by atoms with Crippen LogP contribution in [-0.4, -0.2) is 47.4 Å². The Bertz CT molecular complexity index is 243. The van der Waals surface area contributed by atoms with Crippen molar-refractivity contribution in [2.45, 2.75) is 43.9 Å². The van der Waals surface area contributed by atoms with Gasteiger partial charge < -0.3 is 15.2 Å². The summed E-state index contributed by atoms with van der Waals surface area (Å²) in [5, 5.41) is 12.3. The molecule has 0 aromatic heterocycles. The average molecular weight is 245 g/mol. The maximum Gasteiger partial charge on any atom is 0.332 e. The topological polar surface area (TPSA) is 58.6 Å². The average Bonchev–Trinajstić information content (AvgIpc) is 2.76. The molecule has 0 saturated carbocycles. The summed E-state index contributed by atoms with van der Waals surface area (Å²) in [5.41, 5.74) is 0. The van der Waals surface area contributed by atoms with Crippen LogP contribution in [0.3, 0.4) is 0 Å². The molecule has 16 heavy (non-hydrogen) atoms. The quantitative estimate of drug-likeness (QED) is 0.777. The lowest BCUT2D eigenvalue weighted by atomic mass is 10.1. The van der Waals surface area contributed by atoms with E-state index >= 15 is 0 Å². The molecule has 2 fully saturated rings. The Morgan fingerprint density at radius 3 is 2.94 bits per heavy atom. The molecule has 0 aliphatic carbocycles. The zero-order valence-corrected chi connectivity index (χ0v) is 10.2. The minimum absolute atomic E-state index is 0.0908. The zero-order chi connectivity index (χ0) is 11.4. The van der Waals surface area contributed by atoms with Crippen LogP contribution < -0.4 is 5.32 Å². The van der Waals surface area contributed by atoms with E-state index in [9.17, 15) is 4.79 Å². The normalized spacial score (nSPS) is 35.1. The third kappa shape index (κ3) is 3.37. The van der Waals surface area contributed by atoms with Gasteiger partial charge in [0.25, 0.3) is 0 Å². The molecule has 2 rings (SSSR count). The number of carbonyl (C=O) groups is 1. The van der Waals surface area contributed by atoms with Gasteiger partial charge in [-0.1, -0.05) is 0 Å². The van der Waals surface area contributed by atoms with Crippen LogP contribution in [0.15, 0.2) is 0 Å². The number of hydrogen-bond acceptors (Lipinski definition) is 4. The summed E-state index contributed by atoms with van der Waals surface area (Å²) in [4.78, 5) is 10.7. The highest BCUT2D eigenvalue weighted by molar-refractivity contribution is 7.99. The van der Waals surface area contributed by atoms with Gasteiger partial charge in [0.05, 0.1) is 6.10 Å². The second-order valence-electron chi connectivity index (χ2n) is 4.48. The molecule has 92 valence electrons. The van der Waals surface area contributed by atoms with Gasteiger partial charge >= 0.3 is 5.97 Å². The Morgan fingerprint density at radius 2 is 2.31 bits per heavy atom. The van der Waals surface area contributed by atoms with E-state index < -0.39 is 12.1 Å². The Labute approximate surface area is 100 Å². The van der Waals surface area contributed by atoms with Crippen molar-refractivity contribution >= 4 is 17.7 Å². The molecule has 2 aliphatic heterocycles. The van der Waals surface area contributed by atoms with E-state index in [1.165, 1.54) is 24.3 Å². The molecule has 3 unspecified atom stereocenters. The summed E-state index contributed by atoms with van der Waals surface area (Å²) < 4.78 is 5.45. The first-order valence-electron chi connectivity index (χ1n) is 5.95. The SMILES string of the molecule is O=C(O)C1CCC(CNC2CCCSC2)O1. The molecule has 0 aromatic rings. The molecular weight excluding hydrogens is 226 g/mol. The van der Waals surface area contributed by atoms with E-state index in [1.54, 1.807) is 0 Å². The molecule has 0 aromatic carbocycles. The lowest BCUT2D eigenvalue weighted by Crippen LogP contribution is -2.39. The molecule has 2 saturated heterocycles. The molecule has 0 radical (unpaired) electrons. The van der Waals surface area contributed by atoms with Crippen LogP contribution in [0.1, 0.15) is 25.7 Å². The van der Waals surface area contributed by atoms with Crippen molar-refractivity contribution in [3.8, 4) is 0 Å². The molecule has 2 aliphatic rings. The Balaban J connectivity index is 1.65. The lowest BCUT2D eigenvalue weighted by molar-refractivity contribution is -0.149. The maximum atomic E-state index is 10.7. The second kappa shape index (κ2) is 5.89. The van der Waals surface area contributed by atoms with E-state index in [0.29, 0.717) is 12.5 Å². The summed E-state index contributed by atoms with van der Waals surface area (Å²) in [6.45, 7) is 0.801. The number of rotatable bonds is 4. The van der Waals surface area contributed by atoms with Crippen LogP contribution in [-0.2, 0) is 9.53 Å². The summed E-state index contributed by atoms with van der Waals surface area (Å²) >= 11 is 1.99. The van der Waals surface area contributed by atoms with Gasteiger partial charge in [-0.2, -0.15) is 11.8 Å². The van der Waals surface area contributed by atoms with Crippen molar-refractivity contribution in [1.29, 1.82) is 0 Å². The first-order valence-corrected chi connectivity index (χ1v) is 7.10. The molecule has 4 nitrogen and oxygen atoms in total. The van der Waals surface area contributed by atoms with Crippen LogP contribution in [0.25, 0.3) is 0 Å². The standard InChI is InChI=1S/C11H19NO3S/c13-11(14)10-4-3-9(15-10)6-12-8-2-1-5-16-7-8/h8-10,12H,1-7H2,(H,13,14). The number of hydrogen-bond donors (Lipinski definition) is 2. The minimum atomic E-state index is -0.823. The number of ether oxygens (including phenoxy) is 1. The van der Waals surface area contributed by atoms with Crippen LogP contribution in [0.4, 0.5) is 0 Å². The molecule has 0 spiro atoms. The van der Waals surface area contributed by atoms with Gasteiger partial charge in [0.15, 0.2) is 6.10 Å². The van der Waals surface area contributed by atoms with Crippen LogP contribution in [0.5, 0.6) is 0 Å². The van der Waals surface area contributed by atoms with Crippen molar-refractivity contribution in [2.75, 3.05) is 18.1 Å². The maximum absolute atomic E-state index is 10.7. The highest BCUT2D eigenvalue weighted by Crippen LogP contribution is 2.21. The van der Waals surface area contributed by atoms with E-state index in [-0.39, 0.29) is 6.10 Å². The first-order chi connectivity index (χ1) is 7.75. The van der Waals surface area contributed by atoms with Gasteiger partial charge in [0.2, 0.25) is 0 Å². The van der Waals surface area contributed by atoms with Crippen molar-refractivity contribution in [2.24, 2.45) is 0 Å². The third-order valence-electron chi connectivity index (χ3n) is 3.18. The third-order valence-corrected chi connectivity index (χ3v) is 4.39. The number of aliphatic carboxylic acids is 1. The van der Waals surface area contributed by atoms with Crippen LogP contribution >= 0.6 is 11.8 Å². The molecule has 2 heterocycles. The Morgan fingerprint density at radius 1 is 1.44 bits per heavy atom. The number of carboxylic acid groups (broad SMARTS) is 1. The zero-order valence-electron chi connectivity index (χ0n) is 9.35. The van der Waals surface area contributed by atoms with E-state index in [1.807, 2.05) is 11.8 Å². The largest absolute Gasteiger partial charge is 0.479 e. The summed E-state index contributed by atoms with van der Waals surface area (Å²) in [6, 6.07) is 0.589. The lowest BCUT2D eigenvalue weighted by Gasteiger charge is -2.24. The molecule has 0 bridgehead atoms.